The highest BCUT2D eigenvalue weighted by Crippen LogP contribution is 2.27. The van der Waals surface area contributed by atoms with Crippen LogP contribution in [0.15, 0.2) is 48.5 Å². The third-order valence-corrected chi connectivity index (χ3v) is 4.21. The monoisotopic (exact) mass is 353 g/mol. The molecule has 0 unspecified atom stereocenters. The largest absolute Gasteiger partial charge is 0.490 e. The Labute approximate surface area is 153 Å². The predicted octanol–water partition coefficient (Wildman–Crippen LogP) is 3.61. The summed E-state index contributed by atoms with van der Waals surface area (Å²) in [6, 6.07) is 14.7. The van der Waals surface area contributed by atoms with E-state index in [0.29, 0.717) is 17.9 Å². The number of anilines is 1. The van der Waals surface area contributed by atoms with Crippen LogP contribution in [0, 0.1) is 0 Å². The maximum absolute atomic E-state index is 12.6. The number of amides is 1. The molecule has 0 aliphatic carbocycles. The minimum absolute atomic E-state index is 0.0598. The van der Waals surface area contributed by atoms with E-state index in [4.69, 9.17) is 9.47 Å². The number of hydrogen-bond donors (Lipinski definition) is 0. The number of benzene rings is 2. The Bertz CT molecular complexity index is 800. The van der Waals surface area contributed by atoms with Gasteiger partial charge in [-0.05, 0) is 50.5 Å². The molecule has 2 aromatic rings. The van der Waals surface area contributed by atoms with Crippen molar-refractivity contribution in [3.63, 3.8) is 0 Å². The van der Waals surface area contributed by atoms with Crippen molar-refractivity contribution in [3.05, 3.63) is 59.7 Å². The van der Waals surface area contributed by atoms with Crippen LogP contribution in [0.1, 0.15) is 36.2 Å². The van der Waals surface area contributed by atoms with Crippen molar-refractivity contribution in [1.29, 1.82) is 0 Å². The maximum Gasteiger partial charge on any atom is 0.342 e. The third-order valence-electron chi connectivity index (χ3n) is 4.21. The van der Waals surface area contributed by atoms with Gasteiger partial charge in [-0.1, -0.05) is 30.3 Å². The summed E-state index contributed by atoms with van der Waals surface area (Å²) in [5.74, 6) is -0.309. The summed E-state index contributed by atoms with van der Waals surface area (Å²) in [6.45, 7) is 4.13. The zero-order valence-electron chi connectivity index (χ0n) is 15.1. The quantitative estimate of drug-likeness (QED) is 0.771. The Kier molecular flexibility index (Phi) is 5.56. The number of nitrogens with zero attached hydrogens (tertiary/aromatic N) is 1. The van der Waals surface area contributed by atoms with E-state index in [0.717, 1.165) is 24.1 Å². The molecule has 0 saturated carbocycles. The maximum atomic E-state index is 12.6. The van der Waals surface area contributed by atoms with Gasteiger partial charge in [0.15, 0.2) is 6.61 Å². The Morgan fingerprint density at radius 1 is 1.08 bits per heavy atom. The highest BCUT2D eigenvalue weighted by Gasteiger charge is 2.24. The fourth-order valence-corrected chi connectivity index (χ4v) is 3.07. The van der Waals surface area contributed by atoms with Gasteiger partial charge in [0.2, 0.25) is 0 Å². The molecule has 5 nitrogen and oxygen atoms in total. The summed E-state index contributed by atoms with van der Waals surface area (Å²) in [5.41, 5.74) is 2.38. The number of hydrogen-bond acceptors (Lipinski definition) is 4. The smallest absolute Gasteiger partial charge is 0.342 e. The summed E-state index contributed by atoms with van der Waals surface area (Å²) >= 11 is 0. The zero-order valence-corrected chi connectivity index (χ0v) is 15.1. The molecule has 2 aromatic carbocycles. The molecule has 1 aliphatic heterocycles. The molecular formula is C21H23NO4. The first kappa shape index (κ1) is 18.0. The SMILES string of the molecule is CC(C)Oc1ccccc1C(=O)OCC(=O)N1CCCc2ccccc21. The van der Waals surface area contributed by atoms with Crippen molar-refractivity contribution in [2.75, 3.05) is 18.1 Å². The lowest BCUT2D eigenvalue weighted by atomic mass is 10.0. The summed E-state index contributed by atoms with van der Waals surface area (Å²) in [6.07, 6.45) is 1.80. The van der Waals surface area contributed by atoms with E-state index in [-0.39, 0.29) is 18.6 Å². The number of carbonyl (C=O) groups excluding carboxylic acids is 2. The van der Waals surface area contributed by atoms with Gasteiger partial charge in [0.05, 0.1) is 6.10 Å². The fourth-order valence-electron chi connectivity index (χ4n) is 3.07. The van der Waals surface area contributed by atoms with Crippen LogP contribution < -0.4 is 9.64 Å². The predicted molar refractivity (Wildman–Crippen MR) is 99.6 cm³/mol. The summed E-state index contributed by atoms with van der Waals surface area (Å²) < 4.78 is 10.9. The number of carbonyl (C=O) groups is 2. The number of esters is 1. The number of fused-ring (bicyclic) bond motifs is 1. The normalized spacial score (nSPS) is 13.3. The van der Waals surface area contributed by atoms with Crippen molar-refractivity contribution >= 4 is 17.6 Å². The van der Waals surface area contributed by atoms with Crippen LogP contribution in [0.2, 0.25) is 0 Å². The summed E-state index contributed by atoms with van der Waals surface area (Å²) in [7, 11) is 0. The van der Waals surface area contributed by atoms with Crippen LogP contribution in [-0.2, 0) is 16.0 Å². The number of rotatable bonds is 5. The molecule has 0 atom stereocenters. The summed E-state index contributed by atoms with van der Waals surface area (Å²) in [4.78, 5) is 26.7. The molecule has 0 saturated heterocycles. The van der Waals surface area contributed by atoms with Gasteiger partial charge < -0.3 is 14.4 Å². The number of para-hydroxylation sites is 2. The van der Waals surface area contributed by atoms with E-state index in [1.807, 2.05) is 38.1 Å². The molecule has 5 heteroatoms. The Hall–Kier alpha value is -2.82. The average Bonchev–Trinajstić information content (AvgIpc) is 2.65. The standard InChI is InChI=1S/C21H23NO4/c1-15(2)26-19-12-6-4-10-17(19)21(24)25-14-20(23)22-13-7-9-16-8-3-5-11-18(16)22/h3-6,8,10-12,15H,7,9,13-14H2,1-2H3. The number of aryl methyl sites for hydroxylation is 1. The van der Waals surface area contributed by atoms with Crippen molar-refractivity contribution in [2.24, 2.45) is 0 Å². The third kappa shape index (κ3) is 4.04. The van der Waals surface area contributed by atoms with Crippen molar-refractivity contribution in [2.45, 2.75) is 32.8 Å². The van der Waals surface area contributed by atoms with Gasteiger partial charge in [-0.2, -0.15) is 0 Å². The lowest BCUT2D eigenvalue weighted by Crippen LogP contribution is -2.38. The Morgan fingerprint density at radius 2 is 1.81 bits per heavy atom. The van der Waals surface area contributed by atoms with E-state index >= 15 is 0 Å². The van der Waals surface area contributed by atoms with Crippen LogP contribution in [0.5, 0.6) is 5.75 Å². The fraction of sp³-hybridized carbons (Fsp3) is 0.333. The minimum Gasteiger partial charge on any atom is -0.490 e. The second-order valence-corrected chi connectivity index (χ2v) is 6.52. The highest BCUT2D eigenvalue weighted by molar-refractivity contribution is 5.98. The van der Waals surface area contributed by atoms with E-state index in [2.05, 4.69) is 0 Å². The van der Waals surface area contributed by atoms with E-state index in [1.165, 1.54) is 0 Å². The second kappa shape index (κ2) is 8.04. The van der Waals surface area contributed by atoms with Gasteiger partial charge in [0.25, 0.3) is 5.91 Å². The van der Waals surface area contributed by atoms with Gasteiger partial charge in [-0.25, -0.2) is 4.79 Å². The molecule has 1 heterocycles. The molecule has 136 valence electrons. The van der Waals surface area contributed by atoms with Crippen LogP contribution in [0.25, 0.3) is 0 Å². The van der Waals surface area contributed by atoms with E-state index in [1.54, 1.807) is 29.2 Å². The van der Waals surface area contributed by atoms with Crippen molar-refractivity contribution in [3.8, 4) is 5.75 Å². The molecule has 0 aromatic heterocycles. The molecule has 0 bridgehead atoms. The van der Waals surface area contributed by atoms with Crippen LogP contribution in [-0.4, -0.2) is 31.1 Å². The minimum atomic E-state index is -0.556. The first-order chi connectivity index (χ1) is 12.6. The van der Waals surface area contributed by atoms with Crippen molar-refractivity contribution < 1.29 is 19.1 Å². The first-order valence-electron chi connectivity index (χ1n) is 8.87. The molecule has 26 heavy (non-hydrogen) atoms. The zero-order chi connectivity index (χ0) is 18.5. The van der Waals surface area contributed by atoms with Gasteiger partial charge in [0, 0.05) is 12.2 Å². The van der Waals surface area contributed by atoms with Crippen molar-refractivity contribution in [1.82, 2.24) is 0 Å². The molecule has 0 spiro atoms. The van der Waals surface area contributed by atoms with E-state index in [9.17, 15) is 9.59 Å². The molecule has 0 fully saturated rings. The van der Waals surface area contributed by atoms with Crippen LogP contribution in [0.4, 0.5) is 5.69 Å². The van der Waals surface area contributed by atoms with Crippen LogP contribution >= 0.6 is 0 Å². The molecular weight excluding hydrogens is 330 g/mol. The number of ether oxygens (including phenoxy) is 2. The molecule has 1 amide bonds. The first-order valence-corrected chi connectivity index (χ1v) is 8.87. The molecule has 0 radical (unpaired) electrons. The van der Waals surface area contributed by atoms with Gasteiger partial charge >= 0.3 is 5.97 Å². The van der Waals surface area contributed by atoms with Crippen LogP contribution in [0.3, 0.4) is 0 Å². The topological polar surface area (TPSA) is 55.8 Å². The molecule has 1 aliphatic rings. The van der Waals surface area contributed by atoms with Gasteiger partial charge in [-0.3, -0.25) is 4.79 Å². The summed E-state index contributed by atoms with van der Waals surface area (Å²) in [5, 5.41) is 0. The molecule has 0 N–H and O–H groups in total. The Balaban J connectivity index is 1.67. The van der Waals surface area contributed by atoms with Gasteiger partial charge in [-0.15, -0.1) is 0 Å². The van der Waals surface area contributed by atoms with Gasteiger partial charge in [0.1, 0.15) is 11.3 Å². The second-order valence-electron chi connectivity index (χ2n) is 6.52. The average molecular weight is 353 g/mol. The molecule has 3 rings (SSSR count). The highest BCUT2D eigenvalue weighted by atomic mass is 16.5. The lowest BCUT2D eigenvalue weighted by Gasteiger charge is -2.29. The van der Waals surface area contributed by atoms with E-state index < -0.39 is 5.97 Å². The Morgan fingerprint density at radius 3 is 2.62 bits per heavy atom. The lowest BCUT2D eigenvalue weighted by molar-refractivity contribution is -0.121.